The normalized spacial score (nSPS) is 20.2. The van der Waals surface area contributed by atoms with Gasteiger partial charge in [-0.2, -0.15) is 5.26 Å². The Morgan fingerprint density at radius 3 is 2.94 bits per heavy atom. The van der Waals surface area contributed by atoms with Gasteiger partial charge in [0.05, 0.1) is 5.56 Å². The summed E-state index contributed by atoms with van der Waals surface area (Å²) < 4.78 is 0. The van der Waals surface area contributed by atoms with E-state index in [9.17, 15) is 0 Å². The average molecular weight is 243 g/mol. The molecule has 0 aromatic heterocycles. The summed E-state index contributed by atoms with van der Waals surface area (Å²) in [4.78, 5) is 2.38. The summed E-state index contributed by atoms with van der Waals surface area (Å²) in [5.41, 5.74) is 8.06. The van der Waals surface area contributed by atoms with Crippen molar-refractivity contribution in [3.05, 3.63) is 23.8 Å². The predicted molar refractivity (Wildman–Crippen MR) is 75.4 cm³/mol. The summed E-state index contributed by atoms with van der Waals surface area (Å²) in [7, 11) is 0. The largest absolute Gasteiger partial charge is 0.398 e. The maximum Gasteiger partial charge on any atom is 0.101 e. The van der Waals surface area contributed by atoms with Crippen LogP contribution in [0.5, 0.6) is 0 Å². The van der Waals surface area contributed by atoms with Crippen molar-refractivity contribution in [3.8, 4) is 6.07 Å². The topological polar surface area (TPSA) is 53.0 Å². The Labute approximate surface area is 109 Å². The van der Waals surface area contributed by atoms with Gasteiger partial charge in [-0.05, 0) is 43.4 Å². The average Bonchev–Trinajstić information content (AvgIpc) is 2.64. The van der Waals surface area contributed by atoms with Gasteiger partial charge in [0.15, 0.2) is 0 Å². The van der Waals surface area contributed by atoms with Gasteiger partial charge in [-0.3, -0.25) is 0 Å². The molecule has 1 fully saturated rings. The molecule has 1 unspecified atom stereocenters. The lowest BCUT2D eigenvalue weighted by atomic mass is 9.98. The predicted octanol–water partition coefficient (Wildman–Crippen LogP) is 3.16. The molecule has 1 aromatic carbocycles. The van der Waals surface area contributed by atoms with Crippen LogP contribution in [0.2, 0.25) is 0 Å². The lowest BCUT2D eigenvalue weighted by Crippen LogP contribution is -2.24. The fraction of sp³-hybridized carbons (Fsp3) is 0.533. The quantitative estimate of drug-likeness (QED) is 0.812. The molecule has 0 bridgehead atoms. The first-order chi connectivity index (χ1) is 8.74. The molecule has 1 saturated heterocycles. The van der Waals surface area contributed by atoms with E-state index in [1.807, 2.05) is 18.2 Å². The van der Waals surface area contributed by atoms with Crippen molar-refractivity contribution >= 4 is 11.4 Å². The summed E-state index contributed by atoms with van der Waals surface area (Å²) in [5, 5.41) is 9.03. The fourth-order valence-corrected chi connectivity index (χ4v) is 2.67. The first-order valence-electron chi connectivity index (χ1n) is 6.79. The van der Waals surface area contributed by atoms with Gasteiger partial charge >= 0.3 is 0 Å². The van der Waals surface area contributed by atoms with E-state index >= 15 is 0 Å². The monoisotopic (exact) mass is 243 g/mol. The van der Waals surface area contributed by atoms with E-state index in [-0.39, 0.29) is 0 Å². The van der Waals surface area contributed by atoms with Crippen LogP contribution in [0.4, 0.5) is 11.4 Å². The fourth-order valence-electron chi connectivity index (χ4n) is 2.67. The zero-order valence-corrected chi connectivity index (χ0v) is 11.0. The van der Waals surface area contributed by atoms with Crippen LogP contribution in [0.25, 0.3) is 0 Å². The lowest BCUT2D eigenvalue weighted by molar-refractivity contribution is 0.459. The third-order valence-electron chi connectivity index (χ3n) is 3.95. The lowest BCUT2D eigenvalue weighted by Gasteiger charge is -2.23. The molecule has 2 rings (SSSR count). The van der Waals surface area contributed by atoms with Gasteiger partial charge in [-0.15, -0.1) is 0 Å². The molecule has 0 aliphatic carbocycles. The first-order valence-corrected chi connectivity index (χ1v) is 6.79. The van der Waals surface area contributed by atoms with Crippen LogP contribution < -0.4 is 10.6 Å². The number of nitrogen functional groups attached to an aromatic ring is 1. The summed E-state index contributed by atoms with van der Waals surface area (Å²) in [6.45, 7) is 4.45. The number of hydrogen-bond acceptors (Lipinski definition) is 3. The zero-order chi connectivity index (χ0) is 13.0. The number of hydrogen-bond donors (Lipinski definition) is 1. The van der Waals surface area contributed by atoms with Gasteiger partial charge in [0.2, 0.25) is 0 Å². The van der Waals surface area contributed by atoms with Gasteiger partial charge in [0.1, 0.15) is 6.07 Å². The van der Waals surface area contributed by atoms with Gasteiger partial charge in [0.25, 0.3) is 0 Å². The molecule has 1 aliphatic heterocycles. The minimum Gasteiger partial charge on any atom is -0.398 e. The van der Waals surface area contributed by atoms with E-state index in [0.717, 1.165) is 24.7 Å². The van der Waals surface area contributed by atoms with Crippen LogP contribution in [0, 0.1) is 17.2 Å². The van der Waals surface area contributed by atoms with Crippen molar-refractivity contribution in [3.63, 3.8) is 0 Å². The first kappa shape index (κ1) is 12.8. The highest BCUT2D eigenvalue weighted by Crippen LogP contribution is 2.26. The maximum atomic E-state index is 9.03. The van der Waals surface area contributed by atoms with Crippen molar-refractivity contribution in [1.82, 2.24) is 0 Å². The van der Waals surface area contributed by atoms with E-state index in [4.69, 9.17) is 11.0 Å². The van der Waals surface area contributed by atoms with Crippen LogP contribution in [-0.2, 0) is 0 Å². The number of nitrogens with two attached hydrogens (primary N) is 1. The molecule has 1 atom stereocenters. The molecular weight excluding hydrogens is 222 g/mol. The molecule has 0 spiro atoms. The molecule has 1 heterocycles. The summed E-state index contributed by atoms with van der Waals surface area (Å²) in [5.74, 6) is 0.860. The summed E-state index contributed by atoms with van der Waals surface area (Å²) in [6, 6.07) is 7.95. The van der Waals surface area contributed by atoms with Crippen LogP contribution in [0.1, 0.15) is 38.2 Å². The third kappa shape index (κ3) is 2.76. The Hall–Kier alpha value is -1.69. The SMILES string of the molecule is CCC1CCCN(c2ccc(N)c(C#N)c2)CC1. The molecular formula is C15H21N3. The minimum absolute atomic E-state index is 0.572. The highest BCUT2D eigenvalue weighted by Gasteiger charge is 2.16. The van der Waals surface area contributed by atoms with Crippen LogP contribution in [0.15, 0.2) is 18.2 Å². The van der Waals surface area contributed by atoms with E-state index in [1.165, 1.54) is 25.7 Å². The molecule has 2 N–H and O–H groups in total. The van der Waals surface area contributed by atoms with Gasteiger partial charge < -0.3 is 10.6 Å². The second-order valence-electron chi connectivity index (χ2n) is 5.08. The molecule has 1 aliphatic rings. The smallest absolute Gasteiger partial charge is 0.101 e. The number of rotatable bonds is 2. The summed E-state index contributed by atoms with van der Waals surface area (Å²) in [6.07, 6.45) is 5.10. The Morgan fingerprint density at radius 1 is 1.39 bits per heavy atom. The van der Waals surface area contributed by atoms with E-state index in [1.54, 1.807) is 0 Å². The Kier molecular flexibility index (Phi) is 4.09. The summed E-state index contributed by atoms with van der Waals surface area (Å²) >= 11 is 0. The number of nitriles is 1. The van der Waals surface area contributed by atoms with E-state index in [2.05, 4.69) is 17.9 Å². The van der Waals surface area contributed by atoms with E-state index < -0.39 is 0 Å². The second-order valence-corrected chi connectivity index (χ2v) is 5.08. The molecule has 0 radical (unpaired) electrons. The molecule has 96 valence electrons. The number of nitrogens with zero attached hydrogens (tertiary/aromatic N) is 2. The van der Waals surface area contributed by atoms with E-state index in [0.29, 0.717) is 11.3 Å². The van der Waals surface area contributed by atoms with Crippen molar-refractivity contribution < 1.29 is 0 Å². The van der Waals surface area contributed by atoms with Gasteiger partial charge in [-0.1, -0.05) is 13.3 Å². The Morgan fingerprint density at radius 2 is 2.22 bits per heavy atom. The second kappa shape index (κ2) is 5.77. The van der Waals surface area contributed by atoms with Crippen molar-refractivity contribution in [2.75, 3.05) is 23.7 Å². The van der Waals surface area contributed by atoms with Crippen molar-refractivity contribution in [1.29, 1.82) is 5.26 Å². The van der Waals surface area contributed by atoms with Gasteiger partial charge in [-0.25, -0.2) is 0 Å². The molecule has 0 saturated carbocycles. The van der Waals surface area contributed by atoms with Crippen molar-refractivity contribution in [2.45, 2.75) is 32.6 Å². The molecule has 18 heavy (non-hydrogen) atoms. The zero-order valence-electron chi connectivity index (χ0n) is 11.0. The number of anilines is 2. The Balaban J connectivity index is 2.14. The Bertz CT molecular complexity index is 448. The van der Waals surface area contributed by atoms with Gasteiger partial charge in [0, 0.05) is 24.5 Å². The maximum absolute atomic E-state index is 9.03. The minimum atomic E-state index is 0.572. The molecule has 3 nitrogen and oxygen atoms in total. The molecule has 0 amide bonds. The standard InChI is InChI=1S/C15H21N3/c1-2-12-4-3-8-18(9-7-12)14-5-6-15(17)13(10-14)11-16/h5-6,10,12H,2-4,7-9,17H2,1H3. The highest BCUT2D eigenvalue weighted by atomic mass is 15.1. The number of benzene rings is 1. The third-order valence-corrected chi connectivity index (χ3v) is 3.95. The molecule has 3 heteroatoms. The van der Waals surface area contributed by atoms with Crippen molar-refractivity contribution in [2.24, 2.45) is 5.92 Å². The highest BCUT2D eigenvalue weighted by molar-refractivity contribution is 5.62. The van der Waals surface area contributed by atoms with Crippen LogP contribution in [0.3, 0.4) is 0 Å². The van der Waals surface area contributed by atoms with Crippen LogP contribution in [-0.4, -0.2) is 13.1 Å². The van der Waals surface area contributed by atoms with Crippen LogP contribution >= 0.6 is 0 Å². The molecule has 1 aromatic rings.